The maximum atomic E-state index is 13.9. The summed E-state index contributed by atoms with van der Waals surface area (Å²) in [6.45, 7) is 8.88. The van der Waals surface area contributed by atoms with Crippen molar-refractivity contribution < 1.29 is 86.6 Å². The Hall–Kier alpha value is -12.3. The molecule has 6 N–H and O–H groups in total. The molecule has 2 aromatic heterocycles. The fraction of sp³-hybridized carbons (Fsp3) is 0.351. The molecule has 0 aliphatic carbocycles. The number of hydrogen-bond donors (Lipinski definition) is 6. The van der Waals surface area contributed by atoms with Gasteiger partial charge in [-0.3, -0.25) is 48.3 Å². The zero-order chi connectivity index (χ0) is 75.1. The van der Waals surface area contributed by atoms with Crippen LogP contribution in [0.2, 0.25) is 0 Å². The topological polar surface area (TPSA) is 369 Å². The predicted molar refractivity (Wildman–Crippen MR) is 387 cm³/mol. The first-order valence-electron chi connectivity index (χ1n) is 34.4. The summed E-state index contributed by atoms with van der Waals surface area (Å²) in [6, 6.07) is 16.3. The minimum absolute atomic E-state index is 0.00971. The smallest absolute Gasteiger partial charge is 0.416 e. The van der Waals surface area contributed by atoms with E-state index in [1.807, 2.05) is 0 Å². The highest BCUT2D eigenvalue weighted by Crippen LogP contribution is 2.45. The molecule has 32 heteroatoms. The zero-order valence-electron chi connectivity index (χ0n) is 58.9. The van der Waals surface area contributed by atoms with Crippen LogP contribution in [0.15, 0.2) is 108 Å². The Balaban J connectivity index is 0.000000194. The highest BCUT2D eigenvalue weighted by molar-refractivity contribution is 6.14. The van der Waals surface area contributed by atoms with Crippen molar-refractivity contribution in [3.05, 3.63) is 143 Å². The van der Waals surface area contributed by atoms with Gasteiger partial charge in [0.2, 0.25) is 0 Å². The molecular formula is C74H78N14O18. The number of aliphatic imine (C=N–C) groups is 2. The number of aromatic nitrogens is 2. The Morgan fingerprint density at radius 2 is 0.755 bits per heavy atom. The normalized spacial score (nSPS) is 20.1. The molecule has 106 heavy (non-hydrogen) atoms. The summed E-state index contributed by atoms with van der Waals surface area (Å²) in [6.07, 6.45) is 7.21. The first kappa shape index (κ1) is 72.0. The Bertz CT molecular complexity index is 4450. The van der Waals surface area contributed by atoms with Gasteiger partial charge in [0.05, 0.1) is 120 Å². The fourth-order valence-corrected chi connectivity index (χ4v) is 14.8. The van der Waals surface area contributed by atoms with Crippen LogP contribution in [0.25, 0.3) is 0 Å². The predicted octanol–water partition coefficient (Wildman–Crippen LogP) is 7.87. The Labute approximate surface area is 607 Å². The molecule has 0 bridgehead atoms. The third-order valence-electron chi connectivity index (χ3n) is 20.2. The van der Waals surface area contributed by atoms with Crippen LogP contribution in [-0.4, -0.2) is 215 Å². The molecule has 10 amide bonds. The Morgan fingerprint density at radius 1 is 0.453 bits per heavy atom. The molecule has 32 nitrogen and oxygen atoms in total. The highest BCUT2D eigenvalue weighted by Gasteiger charge is 2.48. The van der Waals surface area contributed by atoms with Crippen LogP contribution in [0.3, 0.4) is 0 Å². The molecule has 4 saturated heterocycles. The Morgan fingerprint density at radius 3 is 1.08 bits per heavy atom. The lowest BCUT2D eigenvalue weighted by Crippen LogP contribution is -2.50. The minimum Gasteiger partial charge on any atom is -0.495 e. The number of rotatable bonds is 16. The van der Waals surface area contributed by atoms with Gasteiger partial charge in [0.1, 0.15) is 59.0 Å². The van der Waals surface area contributed by atoms with Crippen molar-refractivity contribution >= 4 is 117 Å². The minimum atomic E-state index is -1.46. The molecule has 4 fully saturated rings. The maximum absolute atomic E-state index is 13.9. The number of benzene rings is 4. The fourth-order valence-electron chi connectivity index (χ4n) is 14.8. The summed E-state index contributed by atoms with van der Waals surface area (Å²) in [5.41, 5.74) is 3.00. The van der Waals surface area contributed by atoms with Gasteiger partial charge in [0.15, 0.2) is 12.5 Å². The van der Waals surface area contributed by atoms with Gasteiger partial charge in [-0.25, -0.2) is 19.4 Å². The molecule has 6 atom stereocenters. The number of aliphatic hydroxyl groups excluding tert-OH is 2. The van der Waals surface area contributed by atoms with E-state index in [1.54, 1.807) is 65.7 Å². The van der Waals surface area contributed by atoms with E-state index in [2.05, 4.69) is 44.4 Å². The van der Waals surface area contributed by atoms with Crippen molar-refractivity contribution in [3.63, 3.8) is 0 Å². The van der Waals surface area contributed by atoms with Crippen LogP contribution in [0.1, 0.15) is 135 Å². The second-order valence-corrected chi connectivity index (χ2v) is 26.1. The lowest BCUT2D eigenvalue weighted by atomic mass is 10.1. The van der Waals surface area contributed by atoms with Crippen molar-refractivity contribution in [3.8, 4) is 23.0 Å². The maximum Gasteiger partial charge on any atom is 0.416 e. The molecule has 8 aliphatic heterocycles. The van der Waals surface area contributed by atoms with Crippen molar-refractivity contribution in [2.24, 2.45) is 24.1 Å². The molecular weight excluding hydrogens is 1370 g/mol. The number of nitrogens with one attached hydrogen (secondary N) is 4. The number of methoxy groups -OCH3 is 4. The summed E-state index contributed by atoms with van der Waals surface area (Å²) in [5.74, 6) is -2.70. The van der Waals surface area contributed by atoms with Gasteiger partial charge in [-0.05, 0) is 124 Å². The number of aliphatic hydroxyl groups is 2. The molecule has 552 valence electrons. The number of carbonyl (C=O) groups is 10. The van der Waals surface area contributed by atoms with Crippen LogP contribution in [0, 0.1) is 0 Å². The SMILES string of the molecule is C=CCOC(=O)N1c2cc(NC(=O)c3ccc(C(=O)Nc4cc5c(cc4OC)C(=O)N4CCC[C@H]4[C@H](O)N5C(=O)OCC=C)n3C)c(OC)cc2C(=O)N2CCC[C@H]2[C@@H]1O.COc1cc2c(cc1NC(=O)c1ccc(C(=O)Nc3cc4c(cc3OC)C(=O)N3CCC[C@H]3C=N4)n1C)N=C[C@@H]1CCCN1C2=O. The van der Waals surface area contributed by atoms with Crippen molar-refractivity contribution in [2.45, 2.75) is 88.0 Å². The third kappa shape index (κ3) is 13.1. The summed E-state index contributed by atoms with van der Waals surface area (Å²) < 4.78 is 35.6. The van der Waals surface area contributed by atoms with E-state index >= 15 is 0 Å². The van der Waals surface area contributed by atoms with Gasteiger partial charge in [-0.1, -0.05) is 25.3 Å². The standard InChI is InChI=1S/C41H45N7O12.C33H33N7O6/c1-6-16-59-40(55)47-30-20-24(32(57-4)18-22(30)36(51)45-14-8-10-28(45)38(47)53)42-34(49)26-12-13-27(44(26)3)35(50)43-25-21-31-23(19-33(25)58-5)37(52)46-15-9-11-29(46)39(54)48(31)41(56)60-17-7-2;1-38-26(30(41)36-24-14-22-20(12-28(24)45-2)32(43)39-10-4-6-18(39)16-34-22)8-9-27(38)31(42)37-25-15-23-21(13-29(25)46-3)33(44)40-11-5-7-19(40)17-35-23/h6-7,12-13,18-21,28-29,38-39,53-54H,1-2,8-11,14-17H2,3-5H3,(H,42,49)(H,43,50);8-9,12-19H,4-7,10-11H2,1-3H3,(H,36,41)(H,37,42)/t28-,29-,38-,39-;18-,19-/m00/s1. The van der Waals surface area contributed by atoms with Crippen LogP contribution >= 0.6 is 0 Å². The molecule has 4 aromatic carbocycles. The van der Waals surface area contributed by atoms with Crippen molar-refractivity contribution in [2.75, 3.05) is 98.9 Å². The second kappa shape index (κ2) is 29.8. The summed E-state index contributed by atoms with van der Waals surface area (Å²) >= 11 is 0. The summed E-state index contributed by atoms with van der Waals surface area (Å²) in [4.78, 5) is 153. The van der Waals surface area contributed by atoms with E-state index in [0.717, 1.165) is 35.5 Å². The van der Waals surface area contributed by atoms with Crippen LogP contribution in [-0.2, 0) is 23.6 Å². The largest absolute Gasteiger partial charge is 0.495 e. The van der Waals surface area contributed by atoms with Gasteiger partial charge in [0.25, 0.3) is 47.3 Å². The number of hydrogen-bond acceptors (Lipinski definition) is 20. The number of carbonyl (C=O) groups excluding carboxylic acids is 10. The van der Waals surface area contributed by atoms with Crippen LogP contribution in [0.5, 0.6) is 23.0 Å². The quantitative estimate of drug-likeness (QED) is 0.0502. The number of fused-ring (bicyclic) bond motifs is 8. The lowest BCUT2D eigenvalue weighted by molar-refractivity contribution is 0.0495. The van der Waals surface area contributed by atoms with E-state index < -0.39 is 72.2 Å². The lowest BCUT2D eigenvalue weighted by Gasteiger charge is -2.31. The molecule has 8 aliphatic rings. The Kier molecular flexibility index (Phi) is 20.3. The van der Waals surface area contributed by atoms with Gasteiger partial charge in [-0.15, -0.1) is 0 Å². The summed E-state index contributed by atoms with van der Waals surface area (Å²) in [5, 5.41) is 34.0. The van der Waals surface area contributed by atoms with E-state index in [0.29, 0.717) is 97.2 Å². The van der Waals surface area contributed by atoms with Crippen molar-refractivity contribution in [1.29, 1.82) is 0 Å². The van der Waals surface area contributed by atoms with Gasteiger partial charge in [-0.2, -0.15) is 0 Å². The summed E-state index contributed by atoms with van der Waals surface area (Å²) in [7, 11) is 8.70. The number of anilines is 6. The molecule has 0 radical (unpaired) electrons. The van der Waals surface area contributed by atoms with E-state index in [1.165, 1.54) is 103 Å². The zero-order valence-corrected chi connectivity index (χ0v) is 58.9. The first-order valence-corrected chi connectivity index (χ1v) is 34.4. The number of nitrogens with zero attached hydrogens (tertiary/aromatic N) is 10. The van der Waals surface area contributed by atoms with Crippen LogP contribution < -0.4 is 50.0 Å². The van der Waals surface area contributed by atoms with Gasteiger partial charge < -0.3 is 88.6 Å². The van der Waals surface area contributed by atoms with Crippen molar-refractivity contribution in [1.82, 2.24) is 28.7 Å². The van der Waals surface area contributed by atoms with Crippen LogP contribution in [0.4, 0.5) is 55.1 Å². The molecule has 14 rings (SSSR count). The second-order valence-electron chi connectivity index (χ2n) is 26.1. The molecule has 0 unspecified atom stereocenters. The molecule has 0 spiro atoms. The number of ether oxygens (including phenoxy) is 6. The van der Waals surface area contributed by atoms with Gasteiger partial charge >= 0.3 is 12.2 Å². The first-order chi connectivity index (χ1) is 51.1. The average Bonchev–Trinajstić information content (AvgIpc) is 1.58. The molecule has 0 saturated carbocycles. The van der Waals surface area contributed by atoms with E-state index in [9.17, 15) is 58.2 Å². The highest BCUT2D eigenvalue weighted by atomic mass is 16.6. The van der Waals surface area contributed by atoms with E-state index in [4.69, 9.17) is 28.4 Å². The molecule has 10 heterocycles. The monoisotopic (exact) mass is 1450 g/mol. The average molecular weight is 1450 g/mol. The number of amides is 10. The molecule has 6 aromatic rings. The third-order valence-corrected chi connectivity index (χ3v) is 20.2. The van der Waals surface area contributed by atoms with E-state index in [-0.39, 0.29) is 105 Å². The van der Waals surface area contributed by atoms with Gasteiger partial charge in [0, 0.05) is 52.7 Å².